The number of nitrogens with zero attached hydrogens (tertiary/aromatic N) is 4. The molecule has 34 heavy (non-hydrogen) atoms. The Bertz CT molecular complexity index is 1260. The number of pyridine rings is 1. The molecule has 2 aromatic heterocycles. The van der Waals surface area contributed by atoms with Gasteiger partial charge < -0.3 is 15.1 Å². The van der Waals surface area contributed by atoms with E-state index in [4.69, 9.17) is 15.1 Å². The molecule has 0 saturated heterocycles. The van der Waals surface area contributed by atoms with Crippen LogP contribution < -0.4 is 14.9 Å². The topological polar surface area (TPSA) is 106 Å². The molecule has 3 atom stereocenters. The first-order valence-electron chi connectivity index (χ1n) is 11.4. The maximum Gasteiger partial charge on any atom is 0.233 e. The molecule has 9 heteroatoms. The van der Waals surface area contributed by atoms with Crippen molar-refractivity contribution in [1.82, 2.24) is 9.97 Å². The molecule has 0 radical (unpaired) electrons. The summed E-state index contributed by atoms with van der Waals surface area (Å²) in [4.78, 5) is 11.4. The molecule has 1 saturated carbocycles. The third-order valence-corrected chi connectivity index (χ3v) is 7.68. The molecule has 0 bridgehead atoms. The molecule has 2 unspecified atom stereocenters. The molecule has 1 aromatic carbocycles. The lowest BCUT2D eigenvalue weighted by atomic mass is 9.94. The first-order chi connectivity index (χ1) is 15.9. The van der Waals surface area contributed by atoms with E-state index in [1.54, 1.807) is 12.3 Å². The van der Waals surface area contributed by atoms with Gasteiger partial charge in [-0.3, -0.25) is 4.31 Å². The van der Waals surface area contributed by atoms with Crippen LogP contribution in [0.4, 0.5) is 11.6 Å². The standard InChI is InChI=1S/C25H33N5O3S/c1-17-11-20(17)15-29(3)22-12-19(13-23(28-22)30(4)34(5,31)32)21-16-33-24(27-21)25(2,26)14-18-9-7-6-8-10-18/h6-10,12-13,16-17,20H,11,14-15,26H2,1-5H3/t17?,20?,25-/m1/s1. The van der Waals surface area contributed by atoms with Gasteiger partial charge in [0, 0.05) is 26.2 Å². The van der Waals surface area contributed by atoms with Gasteiger partial charge in [0.25, 0.3) is 0 Å². The summed E-state index contributed by atoms with van der Waals surface area (Å²) in [5, 5.41) is 0. The summed E-state index contributed by atoms with van der Waals surface area (Å²) in [5.41, 5.74) is 8.17. The van der Waals surface area contributed by atoms with Crippen molar-refractivity contribution in [3.8, 4) is 11.3 Å². The van der Waals surface area contributed by atoms with E-state index in [9.17, 15) is 8.42 Å². The largest absolute Gasteiger partial charge is 0.446 e. The maximum absolute atomic E-state index is 12.2. The molecular formula is C25H33N5O3S. The zero-order valence-corrected chi connectivity index (χ0v) is 21.2. The molecule has 1 fully saturated rings. The second kappa shape index (κ2) is 9.03. The minimum Gasteiger partial charge on any atom is -0.446 e. The lowest BCUT2D eigenvalue weighted by molar-refractivity contribution is 0.351. The predicted molar refractivity (Wildman–Crippen MR) is 135 cm³/mol. The van der Waals surface area contributed by atoms with Crippen LogP contribution >= 0.6 is 0 Å². The van der Waals surface area contributed by atoms with Gasteiger partial charge in [0.05, 0.1) is 11.8 Å². The lowest BCUT2D eigenvalue weighted by Gasteiger charge is -2.22. The van der Waals surface area contributed by atoms with Crippen LogP contribution in [0.5, 0.6) is 0 Å². The second-order valence-corrected chi connectivity index (χ2v) is 11.8. The van der Waals surface area contributed by atoms with Crippen LogP contribution in [-0.2, 0) is 22.0 Å². The van der Waals surface area contributed by atoms with Crippen LogP contribution in [0.2, 0.25) is 0 Å². The molecule has 2 heterocycles. The van der Waals surface area contributed by atoms with Gasteiger partial charge in [-0.2, -0.15) is 0 Å². The highest BCUT2D eigenvalue weighted by atomic mass is 32.2. The van der Waals surface area contributed by atoms with Crippen molar-refractivity contribution in [3.05, 3.63) is 60.2 Å². The first kappa shape index (κ1) is 24.2. The van der Waals surface area contributed by atoms with E-state index in [-0.39, 0.29) is 0 Å². The van der Waals surface area contributed by atoms with E-state index in [1.807, 2.05) is 50.4 Å². The molecule has 1 aliphatic rings. The van der Waals surface area contributed by atoms with Crippen molar-refractivity contribution in [2.75, 3.05) is 36.1 Å². The van der Waals surface area contributed by atoms with Crippen LogP contribution in [0.1, 0.15) is 31.7 Å². The van der Waals surface area contributed by atoms with Gasteiger partial charge in [-0.15, -0.1) is 0 Å². The summed E-state index contributed by atoms with van der Waals surface area (Å²) in [6.45, 7) is 4.99. The number of benzene rings is 1. The van der Waals surface area contributed by atoms with Crippen molar-refractivity contribution in [1.29, 1.82) is 0 Å². The number of aromatic nitrogens is 2. The van der Waals surface area contributed by atoms with Crippen LogP contribution in [0.25, 0.3) is 11.3 Å². The van der Waals surface area contributed by atoms with E-state index in [0.717, 1.165) is 23.9 Å². The number of hydrogen-bond acceptors (Lipinski definition) is 7. The first-order valence-corrected chi connectivity index (χ1v) is 13.2. The molecule has 8 nitrogen and oxygen atoms in total. The summed E-state index contributed by atoms with van der Waals surface area (Å²) >= 11 is 0. The third kappa shape index (κ3) is 5.42. The molecule has 1 aliphatic carbocycles. The minimum atomic E-state index is -3.48. The van der Waals surface area contributed by atoms with Crippen molar-refractivity contribution in [2.24, 2.45) is 17.6 Å². The van der Waals surface area contributed by atoms with E-state index >= 15 is 0 Å². The monoisotopic (exact) mass is 483 g/mol. The number of oxazole rings is 1. The van der Waals surface area contributed by atoms with Gasteiger partial charge in [0.15, 0.2) is 0 Å². The highest BCUT2D eigenvalue weighted by molar-refractivity contribution is 7.92. The maximum atomic E-state index is 12.2. The van der Waals surface area contributed by atoms with Crippen molar-refractivity contribution in [2.45, 2.75) is 32.2 Å². The zero-order chi connectivity index (χ0) is 24.7. The minimum absolute atomic E-state index is 0.329. The summed E-state index contributed by atoms with van der Waals surface area (Å²) in [6.07, 6.45) is 4.50. The molecule has 182 valence electrons. The highest BCUT2D eigenvalue weighted by Crippen LogP contribution is 2.39. The molecule has 0 aliphatic heterocycles. The van der Waals surface area contributed by atoms with Crippen molar-refractivity contribution >= 4 is 21.7 Å². The van der Waals surface area contributed by atoms with Crippen LogP contribution in [0.15, 0.2) is 53.1 Å². The number of sulfonamides is 1. The molecule has 3 aromatic rings. The Balaban J connectivity index is 1.67. The van der Waals surface area contributed by atoms with Crippen molar-refractivity contribution in [3.63, 3.8) is 0 Å². The number of hydrogen-bond donors (Lipinski definition) is 1. The fourth-order valence-corrected chi connectivity index (χ4v) is 4.47. The van der Waals surface area contributed by atoms with E-state index in [1.165, 1.54) is 17.8 Å². The van der Waals surface area contributed by atoms with Gasteiger partial charge >= 0.3 is 0 Å². The Hall–Kier alpha value is -2.91. The Kier molecular flexibility index (Phi) is 6.44. The quantitative estimate of drug-likeness (QED) is 0.495. The average Bonchev–Trinajstić information content (AvgIpc) is 3.25. The Morgan fingerprint density at radius 3 is 2.41 bits per heavy atom. The summed E-state index contributed by atoms with van der Waals surface area (Å²) in [6, 6.07) is 13.6. The summed E-state index contributed by atoms with van der Waals surface area (Å²) in [7, 11) is -0.00310. The van der Waals surface area contributed by atoms with Gasteiger partial charge in [-0.1, -0.05) is 37.3 Å². The molecule has 0 spiro atoms. The van der Waals surface area contributed by atoms with Crippen LogP contribution in [0.3, 0.4) is 0 Å². The highest BCUT2D eigenvalue weighted by Gasteiger charge is 2.34. The van der Waals surface area contributed by atoms with Gasteiger partial charge in [-0.05, 0) is 49.3 Å². The Morgan fingerprint density at radius 2 is 1.79 bits per heavy atom. The summed E-state index contributed by atoms with van der Waals surface area (Å²) in [5.74, 6) is 2.76. The Morgan fingerprint density at radius 1 is 1.15 bits per heavy atom. The van der Waals surface area contributed by atoms with E-state index in [0.29, 0.717) is 41.5 Å². The third-order valence-electron chi connectivity index (χ3n) is 6.50. The van der Waals surface area contributed by atoms with Gasteiger partial charge in [-0.25, -0.2) is 18.4 Å². The predicted octanol–water partition coefficient (Wildman–Crippen LogP) is 3.64. The van der Waals surface area contributed by atoms with Crippen LogP contribution in [-0.4, -0.2) is 45.3 Å². The van der Waals surface area contributed by atoms with E-state index < -0.39 is 15.6 Å². The van der Waals surface area contributed by atoms with Gasteiger partial charge in [0.2, 0.25) is 15.9 Å². The van der Waals surface area contributed by atoms with E-state index in [2.05, 4.69) is 16.8 Å². The smallest absolute Gasteiger partial charge is 0.233 e. The molecule has 2 N–H and O–H groups in total. The second-order valence-electron chi connectivity index (χ2n) is 9.77. The lowest BCUT2D eigenvalue weighted by Crippen LogP contribution is -2.35. The molecular weight excluding hydrogens is 450 g/mol. The number of rotatable bonds is 9. The van der Waals surface area contributed by atoms with Crippen molar-refractivity contribution < 1.29 is 12.8 Å². The normalized spacial score (nSPS) is 19.5. The Labute approximate surface area is 201 Å². The van der Waals surface area contributed by atoms with Crippen LogP contribution in [0, 0.1) is 11.8 Å². The fraction of sp³-hybridized carbons (Fsp3) is 0.440. The number of nitrogens with two attached hydrogens (primary N) is 1. The SMILES string of the molecule is CC1CC1CN(C)c1cc(-c2coc([C@](C)(N)Cc3ccccc3)n2)cc(N(C)S(C)(=O)=O)n1. The number of anilines is 2. The molecule has 4 rings (SSSR count). The van der Waals surface area contributed by atoms with Gasteiger partial charge in [0.1, 0.15) is 23.6 Å². The fourth-order valence-electron chi connectivity index (χ4n) is 4.04. The average molecular weight is 484 g/mol. The molecule has 0 amide bonds. The zero-order valence-electron chi connectivity index (χ0n) is 20.4. The summed E-state index contributed by atoms with van der Waals surface area (Å²) < 4.78 is 31.4.